The highest BCUT2D eigenvalue weighted by Crippen LogP contribution is 2.24. The Labute approximate surface area is 112 Å². The van der Waals surface area contributed by atoms with Gasteiger partial charge in [0.25, 0.3) is 10.0 Å². The van der Waals surface area contributed by atoms with Gasteiger partial charge in [-0.1, -0.05) is 0 Å². The molecule has 5 nitrogen and oxygen atoms in total. The maximum Gasteiger partial charge on any atom is 0.252 e. The van der Waals surface area contributed by atoms with Crippen LogP contribution < -0.4 is 5.73 Å². The number of sulfonamides is 1. The Bertz CT molecular complexity index is 498. The summed E-state index contributed by atoms with van der Waals surface area (Å²) in [5.74, 6) is 0. The van der Waals surface area contributed by atoms with Crippen molar-refractivity contribution >= 4 is 21.4 Å². The minimum Gasteiger partial charge on any atom is -0.326 e. The molecule has 1 aliphatic heterocycles. The zero-order valence-electron chi connectivity index (χ0n) is 10.5. The van der Waals surface area contributed by atoms with Crippen LogP contribution in [0.4, 0.5) is 0 Å². The van der Waals surface area contributed by atoms with Gasteiger partial charge in [0, 0.05) is 26.2 Å². The predicted molar refractivity (Wildman–Crippen MR) is 73.1 cm³/mol. The summed E-state index contributed by atoms with van der Waals surface area (Å²) in [6.45, 7) is 3.28. The summed E-state index contributed by atoms with van der Waals surface area (Å²) in [6, 6.07) is 1.69. The van der Waals surface area contributed by atoms with E-state index in [1.54, 1.807) is 10.4 Å². The Morgan fingerprint density at radius 3 is 2.78 bits per heavy atom. The second kappa shape index (κ2) is 5.66. The van der Waals surface area contributed by atoms with Gasteiger partial charge >= 0.3 is 0 Å². The lowest BCUT2D eigenvalue weighted by Gasteiger charge is -2.19. The van der Waals surface area contributed by atoms with E-state index < -0.39 is 10.0 Å². The minimum atomic E-state index is -3.33. The number of hydrogen-bond donors (Lipinski definition) is 1. The molecule has 0 spiro atoms. The standard InChI is InChI=1S/C11H19N3O2S2/c1-13-3-2-4-14(6-5-13)18(15,16)11-7-10(8-12)9-17-11/h7,9H,2-6,8,12H2,1H3. The fraction of sp³-hybridized carbons (Fsp3) is 0.636. The van der Waals surface area contributed by atoms with Crippen LogP contribution in [-0.4, -0.2) is 50.8 Å². The van der Waals surface area contributed by atoms with Gasteiger partial charge in [0.05, 0.1) is 0 Å². The number of hydrogen-bond acceptors (Lipinski definition) is 5. The summed E-state index contributed by atoms with van der Waals surface area (Å²) < 4.78 is 26.9. The molecule has 102 valence electrons. The highest BCUT2D eigenvalue weighted by atomic mass is 32.2. The van der Waals surface area contributed by atoms with Crippen LogP contribution in [0.5, 0.6) is 0 Å². The van der Waals surface area contributed by atoms with Gasteiger partial charge in [-0.25, -0.2) is 8.42 Å². The van der Waals surface area contributed by atoms with E-state index in [4.69, 9.17) is 5.73 Å². The molecule has 0 aromatic carbocycles. The van der Waals surface area contributed by atoms with E-state index >= 15 is 0 Å². The van der Waals surface area contributed by atoms with Crippen LogP contribution in [0.25, 0.3) is 0 Å². The van der Waals surface area contributed by atoms with E-state index in [1.165, 1.54) is 11.3 Å². The third kappa shape index (κ3) is 2.92. The molecule has 1 fully saturated rings. The first-order valence-corrected chi connectivity index (χ1v) is 8.32. The van der Waals surface area contributed by atoms with Crippen molar-refractivity contribution in [1.82, 2.24) is 9.21 Å². The molecule has 0 radical (unpaired) electrons. The highest BCUT2D eigenvalue weighted by molar-refractivity contribution is 7.91. The lowest BCUT2D eigenvalue weighted by molar-refractivity contribution is 0.347. The van der Waals surface area contributed by atoms with Crippen molar-refractivity contribution in [2.45, 2.75) is 17.2 Å². The molecular formula is C11H19N3O2S2. The van der Waals surface area contributed by atoms with Gasteiger partial charge in [-0.05, 0) is 37.0 Å². The summed E-state index contributed by atoms with van der Waals surface area (Å²) in [5, 5.41) is 1.82. The summed E-state index contributed by atoms with van der Waals surface area (Å²) in [4.78, 5) is 2.16. The van der Waals surface area contributed by atoms with Crippen molar-refractivity contribution < 1.29 is 8.42 Å². The molecule has 2 N–H and O–H groups in total. The quantitative estimate of drug-likeness (QED) is 0.881. The first kappa shape index (κ1) is 14.0. The SMILES string of the molecule is CN1CCCN(S(=O)(=O)c2cc(CN)cs2)CC1. The van der Waals surface area contributed by atoms with Crippen molar-refractivity contribution in [3.05, 3.63) is 17.0 Å². The van der Waals surface area contributed by atoms with Crippen molar-refractivity contribution in [3.63, 3.8) is 0 Å². The number of likely N-dealkylation sites (N-methyl/N-ethyl adjacent to an activating group) is 1. The van der Waals surface area contributed by atoms with Crippen LogP contribution in [0.1, 0.15) is 12.0 Å². The molecule has 1 aromatic heterocycles. The van der Waals surface area contributed by atoms with E-state index in [0.29, 0.717) is 23.8 Å². The number of nitrogens with two attached hydrogens (primary N) is 1. The van der Waals surface area contributed by atoms with Gasteiger partial charge in [-0.3, -0.25) is 0 Å². The first-order chi connectivity index (χ1) is 8.54. The molecule has 2 rings (SSSR count). The smallest absolute Gasteiger partial charge is 0.252 e. The number of nitrogens with zero attached hydrogens (tertiary/aromatic N) is 2. The van der Waals surface area contributed by atoms with Gasteiger partial charge in [0.1, 0.15) is 4.21 Å². The van der Waals surface area contributed by atoms with Gasteiger partial charge in [0.15, 0.2) is 0 Å². The molecule has 0 amide bonds. The summed E-state index contributed by atoms with van der Waals surface area (Å²) in [5.41, 5.74) is 6.40. The molecule has 1 aromatic rings. The average Bonchev–Trinajstić information content (AvgIpc) is 2.72. The molecule has 1 saturated heterocycles. The highest BCUT2D eigenvalue weighted by Gasteiger charge is 2.27. The lowest BCUT2D eigenvalue weighted by Crippen LogP contribution is -2.34. The van der Waals surface area contributed by atoms with Crippen LogP contribution in [0.15, 0.2) is 15.7 Å². The molecule has 0 bridgehead atoms. The van der Waals surface area contributed by atoms with E-state index in [0.717, 1.165) is 25.1 Å². The Morgan fingerprint density at radius 2 is 2.11 bits per heavy atom. The van der Waals surface area contributed by atoms with Crippen LogP contribution in [0.3, 0.4) is 0 Å². The molecule has 2 heterocycles. The minimum absolute atomic E-state index is 0.384. The Morgan fingerprint density at radius 1 is 1.33 bits per heavy atom. The summed E-state index contributed by atoms with van der Waals surface area (Å²) >= 11 is 1.26. The fourth-order valence-corrected chi connectivity index (χ4v) is 4.83. The Kier molecular flexibility index (Phi) is 4.39. The zero-order valence-corrected chi connectivity index (χ0v) is 12.1. The van der Waals surface area contributed by atoms with E-state index in [1.807, 2.05) is 12.4 Å². The molecule has 0 unspecified atom stereocenters. The second-order valence-electron chi connectivity index (χ2n) is 4.54. The number of thiophene rings is 1. The van der Waals surface area contributed by atoms with Gasteiger partial charge in [0.2, 0.25) is 0 Å². The van der Waals surface area contributed by atoms with E-state index in [2.05, 4.69) is 4.90 Å². The Hall–Kier alpha value is -0.470. The van der Waals surface area contributed by atoms with Crippen molar-refractivity contribution in [3.8, 4) is 0 Å². The molecular weight excluding hydrogens is 270 g/mol. The third-order valence-corrected chi connectivity index (χ3v) is 6.50. The normalized spacial score (nSPS) is 19.9. The van der Waals surface area contributed by atoms with Crippen LogP contribution in [-0.2, 0) is 16.6 Å². The van der Waals surface area contributed by atoms with E-state index in [-0.39, 0.29) is 0 Å². The molecule has 0 saturated carbocycles. The topological polar surface area (TPSA) is 66.6 Å². The third-order valence-electron chi connectivity index (χ3n) is 3.14. The molecule has 1 aliphatic rings. The fourth-order valence-electron chi connectivity index (χ4n) is 1.99. The molecule has 7 heteroatoms. The molecule has 0 aliphatic carbocycles. The van der Waals surface area contributed by atoms with Gasteiger partial charge < -0.3 is 10.6 Å². The lowest BCUT2D eigenvalue weighted by atomic mass is 10.4. The summed E-state index contributed by atoms with van der Waals surface area (Å²) in [6.07, 6.45) is 0.880. The van der Waals surface area contributed by atoms with Crippen LogP contribution in [0, 0.1) is 0 Å². The van der Waals surface area contributed by atoms with Crippen molar-refractivity contribution in [1.29, 1.82) is 0 Å². The molecule has 18 heavy (non-hydrogen) atoms. The van der Waals surface area contributed by atoms with Crippen LogP contribution >= 0.6 is 11.3 Å². The summed E-state index contributed by atoms with van der Waals surface area (Å²) in [7, 11) is -1.31. The predicted octanol–water partition coefficient (Wildman–Crippen LogP) is 0.533. The van der Waals surface area contributed by atoms with E-state index in [9.17, 15) is 8.42 Å². The maximum atomic E-state index is 12.5. The van der Waals surface area contributed by atoms with Gasteiger partial charge in [-0.15, -0.1) is 11.3 Å². The Balaban J connectivity index is 2.19. The monoisotopic (exact) mass is 289 g/mol. The second-order valence-corrected chi connectivity index (χ2v) is 7.62. The van der Waals surface area contributed by atoms with Crippen LogP contribution in [0.2, 0.25) is 0 Å². The molecule has 0 atom stereocenters. The largest absolute Gasteiger partial charge is 0.326 e. The first-order valence-electron chi connectivity index (χ1n) is 6.00. The zero-order chi connectivity index (χ0) is 13.2. The maximum absolute atomic E-state index is 12.5. The average molecular weight is 289 g/mol. The van der Waals surface area contributed by atoms with Crippen molar-refractivity contribution in [2.75, 3.05) is 33.2 Å². The van der Waals surface area contributed by atoms with Gasteiger partial charge in [-0.2, -0.15) is 4.31 Å². The number of rotatable bonds is 3. The van der Waals surface area contributed by atoms with Crippen molar-refractivity contribution in [2.24, 2.45) is 5.73 Å².